The van der Waals surface area contributed by atoms with Gasteiger partial charge in [-0.3, -0.25) is 0 Å². The number of benzene rings is 1. The zero-order chi connectivity index (χ0) is 12.4. The van der Waals surface area contributed by atoms with Gasteiger partial charge in [0.1, 0.15) is 6.10 Å². The van der Waals surface area contributed by atoms with Crippen molar-refractivity contribution in [1.29, 1.82) is 0 Å². The van der Waals surface area contributed by atoms with Crippen LogP contribution in [0.3, 0.4) is 0 Å². The molecule has 1 atom stereocenters. The predicted molar refractivity (Wildman–Crippen MR) is 54.5 cm³/mol. The quantitative estimate of drug-likeness (QED) is 0.810. The minimum atomic E-state index is -1.53. The molecule has 2 nitrogen and oxygen atoms in total. The van der Waals surface area contributed by atoms with Crippen molar-refractivity contribution in [1.82, 2.24) is 0 Å². The maximum absolute atomic E-state index is 13.0. The van der Waals surface area contributed by atoms with Gasteiger partial charge in [-0.25, -0.2) is 13.2 Å². The van der Waals surface area contributed by atoms with Crippen LogP contribution >= 0.6 is 0 Å². The van der Waals surface area contributed by atoms with Gasteiger partial charge in [0, 0.05) is 0 Å². The van der Waals surface area contributed by atoms with E-state index in [2.05, 4.69) is 0 Å². The topological polar surface area (TPSA) is 29.5 Å². The highest BCUT2D eigenvalue weighted by Crippen LogP contribution is 2.29. The monoisotopic (exact) mass is 244 g/mol. The molecule has 1 aliphatic rings. The Morgan fingerprint density at radius 2 is 1.82 bits per heavy atom. The summed E-state index contributed by atoms with van der Waals surface area (Å²) in [5.74, 6) is -4.15. The Morgan fingerprint density at radius 1 is 1.18 bits per heavy atom. The Bertz CT molecular complexity index is 434. The molecule has 0 bridgehead atoms. The van der Waals surface area contributed by atoms with E-state index in [1.54, 1.807) is 0 Å². The fraction of sp³-hybridized carbons (Fsp3) is 0.333. The van der Waals surface area contributed by atoms with Crippen molar-refractivity contribution in [2.45, 2.75) is 18.9 Å². The van der Waals surface area contributed by atoms with Crippen molar-refractivity contribution in [3.05, 3.63) is 47.0 Å². The van der Waals surface area contributed by atoms with Gasteiger partial charge in [-0.2, -0.15) is 0 Å². The predicted octanol–water partition coefficient (Wildman–Crippen LogP) is 2.83. The summed E-state index contributed by atoms with van der Waals surface area (Å²) in [4.78, 5) is 0. The number of rotatable bonds is 2. The van der Waals surface area contributed by atoms with Gasteiger partial charge >= 0.3 is 0 Å². The van der Waals surface area contributed by atoms with Crippen LogP contribution in [0.5, 0.6) is 0 Å². The first-order chi connectivity index (χ1) is 8.09. The highest BCUT2D eigenvalue weighted by atomic mass is 19.2. The molecule has 0 radical (unpaired) electrons. The molecule has 5 heteroatoms. The molecule has 1 aliphatic heterocycles. The molecule has 0 amide bonds. The van der Waals surface area contributed by atoms with E-state index in [9.17, 15) is 18.3 Å². The van der Waals surface area contributed by atoms with Crippen molar-refractivity contribution in [2.24, 2.45) is 0 Å². The van der Waals surface area contributed by atoms with Gasteiger partial charge < -0.3 is 9.84 Å². The number of hydrogen-bond donors (Lipinski definition) is 1. The first-order valence-corrected chi connectivity index (χ1v) is 5.22. The molecule has 1 unspecified atom stereocenters. The third kappa shape index (κ3) is 2.44. The number of hydrogen-bond acceptors (Lipinski definition) is 2. The normalized spacial score (nSPS) is 17.3. The van der Waals surface area contributed by atoms with E-state index in [-0.39, 0.29) is 5.56 Å². The maximum Gasteiger partial charge on any atom is 0.194 e. The van der Waals surface area contributed by atoms with Gasteiger partial charge in [-0.15, -0.1) is 0 Å². The van der Waals surface area contributed by atoms with Gasteiger partial charge in [0.25, 0.3) is 0 Å². The van der Waals surface area contributed by atoms with E-state index in [0.29, 0.717) is 18.6 Å². The Balaban J connectivity index is 2.30. The van der Waals surface area contributed by atoms with Crippen molar-refractivity contribution in [2.75, 3.05) is 6.61 Å². The van der Waals surface area contributed by atoms with Gasteiger partial charge in [0.05, 0.1) is 12.9 Å². The lowest BCUT2D eigenvalue weighted by molar-refractivity contribution is 0.169. The smallest absolute Gasteiger partial charge is 0.194 e. The van der Waals surface area contributed by atoms with Crippen LogP contribution in [0.25, 0.3) is 0 Å². The molecule has 0 spiro atoms. The van der Waals surface area contributed by atoms with E-state index in [0.717, 1.165) is 18.6 Å². The largest absolute Gasteiger partial charge is 0.501 e. The minimum Gasteiger partial charge on any atom is -0.501 e. The van der Waals surface area contributed by atoms with Crippen molar-refractivity contribution >= 4 is 0 Å². The second-order valence-corrected chi connectivity index (χ2v) is 3.87. The molecule has 0 aliphatic carbocycles. The number of aliphatic hydroxyl groups is 1. The van der Waals surface area contributed by atoms with Crippen molar-refractivity contribution in [3.8, 4) is 0 Å². The average Bonchev–Trinajstić information content (AvgIpc) is 2.35. The van der Waals surface area contributed by atoms with Gasteiger partial charge in [-0.1, -0.05) is 0 Å². The average molecular weight is 244 g/mol. The Morgan fingerprint density at radius 3 is 2.35 bits per heavy atom. The third-order valence-electron chi connectivity index (χ3n) is 2.64. The molecule has 0 fully saturated rings. The molecule has 17 heavy (non-hydrogen) atoms. The lowest BCUT2D eigenvalue weighted by Gasteiger charge is -2.19. The van der Waals surface area contributed by atoms with E-state index in [4.69, 9.17) is 4.74 Å². The van der Waals surface area contributed by atoms with Crippen LogP contribution in [0.1, 0.15) is 24.5 Å². The highest BCUT2D eigenvalue weighted by molar-refractivity contribution is 5.28. The van der Waals surface area contributed by atoms with E-state index in [1.807, 2.05) is 0 Å². The standard InChI is InChI=1S/C12H11F3O2/c13-9-4-8(5-10(14)11(9)15)12(16)7-2-1-3-17-6-7/h4-6,12,16H,1-3H2. The molecule has 0 aromatic heterocycles. The van der Waals surface area contributed by atoms with Gasteiger partial charge in [-0.05, 0) is 36.1 Å². The first kappa shape index (κ1) is 12.0. The Kier molecular flexibility index (Phi) is 3.38. The molecule has 1 aromatic carbocycles. The highest BCUT2D eigenvalue weighted by Gasteiger charge is 2.20. The second kappa shape index (κ2) is 4.79. The fourth-order valence-corrected chi connectivity index (χ4v) is 1.73. The van der Waals surface area contributed by atoms with Crippen molar-refractivity contribution < 1.29 is 23.0 Å². The summed E-state index contributed by atoms with van der Waals surface area (Å²) in [5, 5.41) is 9.88. The van der Waals surface area contributed by atoms with Crippen LogP contribution in [0, 0.1) is 17.5 Å². The second-order valence-electron chi connectivity index (χ2n) is 3.87. The number of halogens is 3. The molecular weight excluding hydrogens is 233 g/mol. The summed E-state index contributed by atoms with van der Waals surface area (Å²) in [6, 6.07) is 1.58. The first-order valence-electron chi connectivity index (χ1n) is 5.22. The van der Waals surface area contributed by atoms with Crippen LogP contribution in [0.15, 0.2) is 24.0 Å². The number of ether oxygens (including phenoxy) is 1. The molecule has 0 saturated heterocycles. The van der Waals surface area contributed by atoms with Crippen LogP contribution in [-0.4, -0.2) is 11.7 Å². The zero-order valence-electron chi connectivity index (χ0n) is 8.92. The minimum absolute atomic E-state index is 0.0156. The summed E-state index contributed by atoms with van der Waals surface area (Å²) < 4.78 is 43.8. The van der Waals surface area contributed by atoms with E-state index < -0.39 is 23.6 Å². The zero-order valence-corrected chi connectivity index (χ0v) is 8.92. The van der Waals surface area contributed by atoms with Gasteiger partial charge in [0.15, 0.2) is 17.5 Å². The summed E-state index contributed by atoms with van der Waals surface area (Å²) in [6.45, 7) is 0.558. The molecule has 0 saturated carbocycles. The summed E-state index contributed by atoms with van der Waals surface area (Å²) in [5.41, 5.74) is 0.514. The molecule has 1 N–H and O–H groups in total. The summed E-state index contributed by atoms with van der Waals surface area (Å²) in [7, 11) is 0. The third-order valence-corrected chi connectivity index (χ3v) is 2.64. The van der Waals surface area contributed by atoms with Crippen LogP contribution in [0.4, 0.5) is 13.2 Å². The Hall–Kier alpha value is -1.49. The van der Waals surface area contributed by atoms with E-state index >= 15 is 0 Å². The molecule has 1 aromatic rings. The van der Waals surface area contributed by atoms with E-state index in [1.165, 1.54) is 6.26 Å². The van der Waals surface area contributed by atoms with Gasteiger partial charge in [0.2, 0.25) is 0 Å². The SMILES string of the molecule is OC(C1=COCCC1)c1cc(F)c(F)c(F)c1. The number of aliphatic hydroxyl groups excluding tert-OH is 1. The summed E-state index contributed by atoms with van der Waals surface area (Å²) >= 11 is 0. The van der Waals surface area contributed by atoms with Crippen LogP contribution < -0.4 is 0 Å². The summed E-state index contributed by atoms with van der Waals surface area (Å²) in [6.07, 6.45) is 1.53. The maximum atomic E-state index is 13.0. The molecule has 2 rings (SSSR count). The fourth-order valence-electron chi connectivity index (χ4n) is 1.73. The molecular formula is C12H11F3O2. The lowest BCUT2D eigenvalue weighted by atomic mass is 9.98. The molecule has 92 valence electrons. The van der Waals surface area contributed by atoms with Crippen LogP contribution in [0.2, 0.25) is 0 Å². The Labute approximate surface area is 96.3 Å². The molecule has 1 heterocycles. The van der Waals surface area contributed by atoms with Crippen LogP contribution in [-0.2, 0) is 4.74 Å². The van der Waals surface area contributed by atoms with Crippen molar-refractivity contribution in [3.63, 3.8) is 0 Å². The lowest BCUT2D eigenvalue weighted by Crippen LogP contribution is -2.09.